The quantitative estimate of drug-likeness (QED) is 0.864. The number of nitrogens with zero attached hydrogens (tertiary/aromatic N) is 1. The van der Waals surface area contributed by atoms with Crippen LogP contribution in [0.1, 0.15) is 33.6 Å². The van der Waals surface area contributed by atoms with Crippen LogP contribution in [0.5, 0.6) is 0 Å². The van der Waals surface area contributed by atoms with Gasteiger partial charge in [0.2, 0.25) is 0 Å². The molecule has 2 rings (SSSR count). The van der Waals surface area contributed by atoms with Crippen LogP contribution < -0.4 is 0 Å². The lowest BCUT2D eigenvalue weighted by Gasteiger charge is -2.38. The Morgan fingerprint density at radius 1 is 1.40 bits per heavy atom. The van der Waals surface area contributed by atoms with Gasteiger partial charge in [0.25, 0.3) is 0 Å². The maximum absolute atomic E-state index is 12.3. The molecule has 116 valence electrons. The molecule has 7 heteroatoms. The van der Waals surface area contributed by atoms with Crippen LogP contribution in [0.3, 0.4) is 0 Å². The van der Waals surface area contributed by atoms with Crippen LogP contribution in [-0.2, 0) is 9.47 Å². The molecule has 2 bridgehead atoms. The number of halogens is 2. The molecule has 0 unspecified atom stereocenters. The number of carbonyl (C=O) groups is 1. The molecular weight excluding hydrogens is 272 g/mol. The summed E-state index contributed by atoms with van der Waals surface area (Å²) in [6.45, 7) is 2.18. The van der Waals surface area contributed by atoms with Crippen molar-refractivity contribution >= 4 is 6.09 Å². The number of aliphatic hydroxyl groups is 1. The highest BCUT2D eigenvalue weighted by atomic mass is 19.3. The van der Waals surface area contributed by atoms with Crippen LogP contribution in [0.2, 0.25) is 0 Å². The lowest BCUT2D eigenvalue weighted by atomic mass is 9.96. The minimum atomic E-state index is -2.83. The molecule has 0 aromatic carbocycles. The van der Waals surface area contributed by atoms with Gasteiger partial charge in [-0.2, -0.15) is 8.78 Å². The fourth-order valence-electron chi connectivity index (χ4n) is 3.23. The van der Waals surface area contributed by atoms with Crippen LogP contribution >= 0.6 is 0 Å². The monoisotopic (exact) mass is 293 g/mol. The lowest BCUT2D eigenvalue weighted by molar-refractivity contribution is -0.182. The molecule has 1 aliphatic carbocycles. The summed E-state index contributed by atoms with van der Waals surface area (Å²) < 4.78 is 34.6. The highest BCUT2D eigenvalue weighted by Crippen LogP contribution is 2.45. The van der Waals surface area contributed by atoms with Gasteiger partial charge in [0.1, 0.15) is 5.60 Å². The fourth-order valence-corrected chi connectivity index (χ4v) is 3.23. The zero-order valence-corrected chi connectivity index (χ0v) is 11.9. The van der Waals surface area contributed by atoms with E-state index in [0.29, 0.717) is 12.8 Å². The number of alkyl halides is 2. The van der Waals surface area contributed by atoms with E-state index in [-0.39, 0.29) is 18.6 Å². The number of rotatable bonds is 3. The van der Waals surface area contributed by atoms with Gasteiger partial charge in [-0.1, -0.05) is 0 Å². The lowest BCUT2D eigenvalue weighted by Crippen LogP contribution is -2.52. The molecule has 1 heterocycles. The molecule has 1 saturated heterocycles. The molecule has 1 amide bonds. The summed E-state index contributed by atoms with van der Waals surface area (Å²) in [6.07, 6.45) is -0.164. The molecule has 20 heavy (non-hydrogen) atoms. The number of likely N-dealkylation sites (tertiary alicyclic amines) is 1. The summed E-state index contributed by atoms with van der Waals surface area (Å²) in [4.78, 5) is 13.6. The highest BCUT2D eigenvalue weighted by molar-refractivity contribution is 5.70. The van der Waals surface area contributed by atoms with Gasteiger partial charge >= 0.3 is 12.7 Å². The van der Waals surface area contributed by atoms with Gasteiger partial charge in [-0.15, -0.1) is 0 Å². The number of hydrogen-bond acceptors (Lipinski definition) is 4. The number of amides is 1. The number of piperidine rings is 1. The zero-order valence-electron chi connectivity index (χ0n) is 11.9. The smallest absolute Gasteiger partial charge is 0.410 e. The van der Waals surface area contributed by atoms with E-state index >= 15 is 0 Å². The first-order chi connectivity index (χ1) is 9.23. The average molecular weight is 293 g/mol. The molecule has 4 atom stereocenters. The third kappa shape index (κ3) is 3.03. The number of hydrogen-bond donors (Lipinski definition) is 1. The second-order valence-corrected chi connectivity index (χ2v) is 6.36. The first-order valence-electron chi connectivity index (χ1n) is 6.78. The minimum absolute atomic E-state index is 0.198. The molecule has 1 aliphatic heterocycles. The molecule has 5 nitrogen and oxygen atoms in total. The Bertz CT molecular complexity index is 372. The standard InChI is InChI=1S/C13H21F2NO4/c1-13(2,3)20-12(18)16-7-4-8(9(16)6-17)10(5-7)19-11(14)15/h7-11,17H,4-6H2,1-3H3/t7-,8-,9+,10+/m1/s1. The predicted molar refractivity (Wildman–Crippen MR) is 66.3 cm³/mol. The Labute approximate surface area is 116 Å². The van der Waals surface area contributed by atoms with Gasteiger partial charge < -0.3 is 14.6 Å². The first-order valence-corrected chi connectivity index (χ1v) is 6.78. The minimum Gasteiger partial charge on any atom is -0.444 e. The fraction of sp³-hybridized carbons (Fsp3) is 0.923. The van der Waals surface area contributed by atoms with Crippen molar-refractivity contribution in [1.29, 1.82) is 0 Å². The predicted octanol–water partition coefficient (Wildman–Crippen LogP) is 1.98. The van der Waals surface area contributed by atoms with E-state index in [1.165, 1.54) is 4.90 Å². The number of fused-ring (bicyclic) bond motifs is 2. The molecule has 0 aromatic rings. The van der Waals surface area contributed by atoms with Crippen molar-refractivity contribution in [3.05, 3.63) is 0 Å². The van der Waals surface area contributed by atoms with Gasteiger partial charge in [-0.3, -0.25) is 4.90 Å². The molecule has 2 aliphatic rings. The number of aliphatic hydroxyl groups excluding tert-OH is 1. The third-order valence-electron chi connectivity index (χ3n) is 3.84. The molecule has 0 radical (unpaired) electrons. The third-order valence-corrected chi connectivity index (χ3v) is 3.84. The largest absolute Gasteiger partial charge is 0.444 e. The van der Waals surface area contributed by atoms with Crippen LogP contribution in [0.25, 0.3) is 0 Å². The van der Waals surface area contributed by atoms with E-state index in [1.807, 2.05) is 0 Å². The van der Waals surface area contributed by atoms with Crippen molar-refractivity contribution in [2.24, 2.45) is 5.92 Å². The number of carbonyl (C=O) groups excluding carboxylic acids is 1. The summed E-state index contributed by atoms with van der Waals surface area (Å²) in [5.41, 5.74) is -0.627. The van der Waals surface area contributed by atoms with E-state index in [2.05, 4.69) is 4.74 Å². The topological polar surface area (TPSA) is 59.0 Å². The number of ether oxygens (including phenoxy) is 2. The first kappa shape index (κ1) is 15.4. The van der Waals surface area contributed by atoms with Crippen molar-refractivity contribution in [3.8, 4) is 0 Å². The Morgan fingerprint density at radius 2 is 2.05 bits per heavy atom. The molecule has 0 aromatic heterocycles. The van der Waals surface area contributed by atoms with E-state index in [0.717, 1.165) is 0 Å². The van der Waals surface area contributed by atoms with E-state index in [4.69, 9.17) is 4.74 Å². The molecular formula is C13H21F2NO4. The van der Waals surface area contributed by atoms with Crippen molar-refractivity contribution in [3.63, 3.8) is 0 Å². The van der Waals surface area contributed by atoms with Crippen molar-refractivity contribution in [2.45, 2.75) is 64.0 Å². The normalized spacial score (nSPS) is 33.0. The Hall–Kier alpha value is -0.950. The van der Waals surface area contributed by atoms with E-state index in [1.54, 1.807) is 20.8 Å². The maximum Gasteiger partial charge on any atom is 0.410 e. The summed E-state index contributed by atoms with van der Waals surface area (Å²) in [6, 6.07) is -0.705. The van der Waals surface area contributed by atoms with Crippen molar-refractivity contribution in [1.82, 2.24) is 4.90 Å². The Morgan fingerprint density at radius 3 is 2.55 bits per heavy atom. The summed E-state index contributed by atoms with van der Waals surface area (Å²) >= 11 is 0. The van der Waals surface area contributed by atoms with Crippen LogP contribution in [0.4, 0.5) is 13.6 Å². The van der Waals surface area contributed by atoms with Gasteiger partial charge in [-0.05, 0) is 33.6 Å². The average Bonchev–Trinajstić information content (AvgIpc) is 2.81. The van der Waals surface area contributed by atoms with E-state index < -0.39 is 30.5 Å². The molecule has 2 fully saturated rings. The van der Waals surface area contributed by atoms with Gasteiger partial charge in [0.15, 0.2) is 0 Å². The molecule has 1 N–H and O–H groups in total. The van der Waals surface area contributed by atoms with Crippen molar-refractivity contribution < 1.29 is 28.2 Å². The van der Waals surface area contributed by atoms with Crippen molar-refractivity contribution in [2.75, 3.05) is 6.61 Å². The summed E-state index contributed by atoms with van der Waals surface area (Å²) in [7, 11) is 0. The zero-order chi connectivity index (χ0) is 15.1. The molecule has 0 spiro atoms. The molecule has 1 saturated carbocycles. The van der Waals surface area contributed by atoms with Crippen LogP contribution in [0.15, 0.2) is 0 Å². The van der Waals surface area contributed by atoms with E-state index in [9.17, 15) is 18.7 Å². The summed E-state index contributed by atoms with van der Waals surface area (Å²) in [5.74, 6) is -0.258. The SMILES string of the molecule is CC(C)(C)OC(=O)N1[C@@H]2C[C@@H]([C@@H](OC(F)F)C2)[C@@H]1CO. The van der Waals surface area contributed by atoms with Gasteiger partial charge in [-0.25, -0.2) is 4.79 Å². The van der Waals surface area contributed by atoms with Crippen LogP contribution in [0, 0.1) is 5.92 Å². The Kier molecular flexibility index (Phi) is 4.20. The van der Waals surface area contributed by atoms with Gasteiger partial charge in [0, 0.05) is 12.0 Å². The maximum atomic E-state index is 12.3. The Balaban J connectivity index is 2.06. The van der Waals surface area contributed by atoms with Crippen LogP contribution in [-0.4, -0.2) is 53.1 Å². The second kappa shape index (κ2) is 5.44. The van der Waals surface area contributed by atoms with Gasteiger partial charge in [0.05, 0.1) is 18.8 Å². The second-order valence-electron chi connectivity index (χ2n) is 6.36. The summed E-state index contributed by atoms with van der Waals surface area (Å²) in [5, 5.41) is 9.47. The highest BCUT2D eigenvalue weighted by Gasteiger charge is 2.54.